The van der Waals surface area contributed by atoms with Crippen LogP contribution in [0.2, 0.25) is 0 Å². The third kappa shape index (κ3) is 1.64. The summed E-state index contributed by atoms with van der Waals surface area (Å²) in [6, 6.07) is 1.89. The molecule has 80 valence electrons. The summed E-state index contributed by atoms with van der Waals surface area (Å²) in [7, 11) is 0. The van der Waals surface area contributed by atoms with Crippen LogP contribution in [0.15, 0.2) is 17.0 Å². The van der Waals surface area contributed by atoms with Gasteiger partial charge in [-0.3, -0.25) is 9.89 Å². The minimum Gasteiger partial charge on any atom is -0.438 e. The standard InChI is InChI=1S/C9H7N5O2/c1-5-7(16-4-11-5)9(15)13-8-6(2-10)3-12-14-8/h3-4H,1H3,(H2,12,13,14,15). The van der Waals surface area contributed by atoms with E-state index in [0.717, 1.165) is 0 Å². The Kier molecular flexibility index (Phi) is 2.39. The van der Waals surface area contributed by atoms with Crippen molar-refractivity contribution in [2.75, 3.05) is 5.32 Å². The first-order valence-corrected chi connectivity index (χ1v) is 4.37. The third-order valence-electron chi connectivity index (χ3n) is 1.95. The highest BCUT2D eigenvalue weighted by molar-refractivity contribution is 6.02. The number of aryl methyl sites for hydroxylation is 1. The Morgan fingerprint density at radius 2 is 2.50 bits per heavy atom. The first kappa shape index (κ1) is 9.92. The van der Waals surface area contributed by atoms with E-state index in [1.807, 2.05) is 6.07 Å². The highest BCUT2D eigenvalue weighted by atomic mass is 16.3. The number of aromatic amines is 1. The van der Waals surface area contributed by atoms with Gasteiger partial charge in [0.2, 0.25) is 5.76 Å². The van der Waals surface area contributed by atoms with Crippen LogP contribution >= 0.6 is 0 Å². The topological polar surface area (TPSA) is 108 Å². The molecule has 16 heavy (non-hydrogen) atoms. The Morgan fingerprint density at radius 3 is 3.12 bits per heavy atom. The van der Waals surface area contributed by atoms with E-state index in [0.29, 0.717) is 5.69 Å². The number of nitrogens with one attached hydrogen (secondary N) is 2. The van der Waals surface area contributed by atoms with Crippen LogP contribution in [0, 0.1) is 18.3 Å². The SMILES string of the molecule is Cc1ncoc1C(=O)Nc1[nH]ncc1C#N. The maximum Gasteiger partial charge on any atom is 0.294 e. The number of oxazole rings is 1. The first-order valence-electron chi connectivity index (χ1n) is 4.37. The molecule has 0 aliphatic carbocycles. The molecule has 7 nitrogen and oxygen atoms in total. The molecule has 0 aromatic carbocycles. The van der Waals surface area contributed by atoms with Gasteiger partial charge in [0.1, 0.15) is 17.5 Å². The van der Waals surface area contributed by atoms with E-state index in [2.05, 4.69) is 20.5 Å². The predicted octanol–water partition coefficient (Wildman–Crippen LogP) is 0.830. The van der Waals surface area contributed by atoms with Gasteiger partial charge in [0.25, 0.3) is 5.91 Å². The summed E-state index contributed by atoms with van der Waals surface area (Å²) in [6.07, 6.45) is 2.51. The molecule has 0 aliphatic heterocycles. The second kappa shape index (κ2) is 3.86. The zero-order valence-corrected chi connectivity index (χ0v) is 8.31. The number of nitriles is 1. The quantitative estimate of drug-likeness (QED) is 0.774. The molecule has 0 saturated heterocycles. The van der Waals surface area contributed by atoms with Crippen molar-refractivity contribution in [1.29, 1.82) is 5.26 Å². The largest absolute Gasteiger partial charge is 0.438 e. The lowest BCUT2D eigenvalue weighted by molar-refractivity contribution is 0.0995. The molecule has 0 unspecified atom stereocenters. The lowest BCUT2D eigenvalue weighted by Gasteiger charge is -1.99. The molecule has 0 spiro atoms. The molecule has 2 aromatic rings. The highest BCUT2D eigenvalue weighted by Crippen LogP contribution is 2.12. The molecule has 1 amide bonds. The van der Waals surface area contributed by atoms with E-state index in [9.17, 15) is 4.79 Å². The second-order valence-corrected chi connectivity index (χ2v) is 2.99. The van der Waals surface area contributed by atoms with Crippen molar-refractivity contribution in [3.63, 3.8) is 0 Å². The molecule has 2 heterocycles. The molecule has 2 aromatic heterocycles. The van der Waals surface area contributed by atoms with Gasteiger partial charge < -0.3 is 9.73 Å². The van der Waals surface area contributed by atoms with Gasteiger partial charge in [-0.1, -0.05) is 0 Å². The second-order valence-electron chi connectivity index (χ2n) is 2.99. The summed E-state index contributed by atoms with van der Waals surface area (Å²) in [5.74, 6) is -0.127. The average Bonchev–Trinajstić information content (AvgIpc) is 2.86. The van der Waals surface area contributed by atoms with E-state index in [1.54, 1.807) is 6.92 Å². The third-order valence-corrected chi connectivity index (χ3v) is 1.95. The Labute approximate surface area is 90.1 Å². The number of amides is 1. The first-order chi connectivity index (χ1) is 7.72. The molecule has 0 bridgehead atoms. The minimum absolute atomic E-state index is 0.110. The van der Waals surface area contributed by atoms with Gasteiger partial charge in [0.05, 0.1) is 11.9 Å². The summed E-state index contributed by atoms with van der Waals surface area (Å²) in [6.45, 7) is 1.65. The summed E-state index contributed by atoms with van der Waals surface area (Å²) in [5.41, 5.74) is 0.737. The number of carbonyl (C=O) groups excluding carboxylic acids is 1. The Morgan fingerprint density at radius 1 is 1.69 bits per heavy atom. The average molecular weight is 217 g/mol. The van der Waals surface area contributed by atoms with Crippen LogP contribution in [0.4, 0.5) is 5.82 Å². The van der Waals surface area contributed by atoms with Crippen molar-refractivity contribution < 1.29 is 9.21 Å². The molecule has 7 heteroatoms. The van der Waals surface area contributed by atoms with Crippen molar-refractivity contribution in [3.8, 4) is 6.07 Å². The zero-order chi connectivity index (χ0) is 11.5. The normalized spacial score (nSPS) is 9.75. The number of anilines is 1. The van der Waals surface area contributed by atoms with Gasteiger partial charge in [-0.2, -0.15) is 10.4 Å². The van der Waals surface area contributed by atoms with Crippen LogP contribution in [0.1, 0.15) is 21.8 Å². The number of carbonyl (C=O) groups is 1. The summed E-state index contributed by atoms with van der Waals surface area (Å²) < 4.78 is 4.91. The predicted molar refractivity (Wildman–Crippen MR) is 52.5 cm³/mol. The number of hydrogen-bond donors (Lipinski definition) is 2. The molecule has 2 N–H and O–H groups in total. The van der Waals surface area contributed by atoms with Gasteiger partial charge >= 0.3 is 0 Å². The number of aromatic nitrogens is 3. The van der Waals surface area contributed by atoms with Crippen molar-refractivity contribution in [3.05, 3.63) is 29.6 Å². The van der Waals surface area contributed by atoms with Crippen molar-refractivity contribution in [1.82, 2.24) is 15.2 Å². The van der Waals surface area contributed by atoms with E-state index in [-0.39, 0.29) is 17.1 Å². The smallest absolute Gasteiger partial charge is 0.294 e. The van der Waals surface area contributed by atoms with Gasteiger partial charge in [-0.05, 0) is 6.92 Å². The number of nitrogens with zero attached hydrogens (tertiary/aromatic N) is 3. The molecule has 0 fully saturated rings. The molecule has 0 saturated carbocycles. The van der Waals surface area contributed by atoms with Crippen molar-refractivity contribution in [2.45, 2.75) is 6.92 Å². The molecule has 0 atom stereocenters. The van der Waals surface area contributed by atoms with Crippen LogP contribution in [-0.4, -0.2) is 21.1 Å². The van der Waals surface area contributed by atoms with Crippen molar-refractivity contribution >= 4 is 11.7 Å². The number of H-pyrrole nitrogens is 1. The van der Waals surface area contributed by atoms with Crippen LogP contribution in [0.25, 0.3) is 0 Å². The Hall–Kier alpha value is -2.62. The molecule has 2 rings (SSSR count). The zero-order valence-electron chi connectivity index (χ0n) is 8.31. The summed E-state index contributed by atoms with van der Waals surface area (Å²) >= 11 is 0. The molecular formula is C9H7N5O2. The van der Waals surface area contributed by atoms with Crippen LogP contribution < -0.4 is 5.32 Å². The fourth-order valence-corrected chi connectivity index (χ4v) is 1.16. The van der Waals surface area contributed by atoms with Crippen LogP contribution in [-0.2, 0) is 0 Å². The summed E-state index contributed by atoms with van der Waals surface area (Å²) in [5, 5.41) is 17.3. The Balaban J connectivity index is 2.21. The van der Waals surface area contributed by atoms with E-state index >= 15 is 0 Å². The minimum atomic E-state index is -0.476. The van der Waals surface area contributed by atoms with Gasteiger partial charge in [0, 0.05) is 0 Å². The summed E-state index contributed by atoms with van der Waals surface area (Å²) in [4.78, 5) is 15.5. The van der Waals surface area contributed by atoms with Crippen molar-refractivity contribution in [2.24, 2.45) is 0 Å². The van der Waals surface area contributed by atoms with E-state index < -0.39 is 5.91 Å². The van der Waals surface area contributed by atoms with Gasteiger partial charge in [-0.25, -0.2) is 4.98 Å². The molecule has 0 aliphatic rings. The Bertz CT molecular complexity index is 562. The number of rotatable bonds is 2. The van der Waals surface area contributed by atoms with E-state index in [1.165, 1.54) is 12.6 Å². The maximum absolute atomic E-state index is 11.7. The monoisotopic (exact) mass is 217 g/mol. The fraction of sp³-hybridized carbons (Fsp3) is 0.111. The molecular weight excluding hydrogens is 210 g/mol. The van der Waals surface area contributed by atoms with Gasteiger partial charge in [-0.15, -0.1) is 0 Å². The number of hydrogen-bond acceptors (Lipinski definition) is 5. The van der Waals surface area contributed by atoms with Crippen LogP contribution in [0.3, 0.4) is 0 Å². The fourth-order valence-electron chi connectivity index (χ4n) is 1.16. The van der Waals surface area contributed by atoms with Crippen LogP contribution in [0.5, 0.6) is 0 Å². The van der Waals surface area contributed by atoms with Gasteiger partial charge in [0.15, 0.2) is 6.39 Å². The molecule has 0 radical (unpaired) electrons. The maximum atomic E-state index is 11.7. The lowest BCUT2D eigenvalue weighted by atomic mass is 10.3. The highest BCUT2D eigenvalue weighted by Gasteiger charge is 2.16. The van der Waals surface area contributed by atoms with E-state index in [4.69, 9.17) is 9.68 Å². The lowest BCUT2D eigenvalue weighted by Crippen LogP contribution is -2.13.